The van der Waals surface area contributed by atoms with Gasteiger partial charge < -0.3 is 9.47 Å². The Bertz CT molecular complexity index is 1040. The lowest BCUT2D eigenvalue weighted by Gasteiger charge is -2.11. The molecule has 0 atom stereocenters. The molecule has 0 spiro atoms. The van der Waals surface area contributed by atoms with E-state index in [1.165, 1.54) is 11.8 Å². The van der Waals surface area contributed by atoms with Crippen molar-refractivity contribution in [3.63, 3.8) is 0 Å². The maximum Gasteiger partial charge on any atom is 0.282 e. The summed E-state index contributed by atoms with van der Waals surface area (Å²) in [5.74, 6) is 1.48. The fraction of sp³-hybridized carbons (Fsp3) is 0.211. The number of benzene rings is 2. The van der Waals surface area contributed by atoms with Crippen molar-refractivity contribution in [3.8, 4) is 11.5 Å². The smallest absolute Gasteiger partial charge is 0.282 e. The molecule has 134 valence electrons. The van der Waals surface area contributed by atoms with Crippen molar-refractivity contribution < 1.29 is 9.47 Å². The number of rotatable bonds is 5. The zero-order valence-corrected chi connectivity index (χ0v) is 15.4. The van der Waals surface area contributed by atoms with E-state index in [1.807, 2.05) is 13.0 Å². The van der Waals surface area contributed by atoms with Crippen molar-refractivity contribution in [1.82, 2.24) is 9.66 Å². The van der Waals surface area contributed by atoms with Crippen LogP contribution in [0.4, 0.5) is 0 Å². The van der Waals surface area contributed by atoms with Crippen LogP contribution in [0.3, 0.4) is 0 Å². The Balaban J connectivity index is 2.05. The molecule has 0 saturated carbocycles. The molecule has 1 aromatic heterocycles. The number of fused-ring (bicyclic) bond motifs is 1. The normalized spacial score (nSPS) is 11.2. The van der Waals surface area contributed by atoms with Gasteiger partial charge in [0.1, 0.15) is 5.82 Å². The van der Waals surface area contributed by atoms with Crippen LogP contribution in [0, 0.1) is 6.92 Å². The van der Waals surface area contributed by atoms with Crippen LogP contribution in [0.15, 0.2) is 46.3 Å². The van der Waals surface area contributed by atoms with Crippen molar-refractivity contribution in [2.75, 3.05) is 13.7 Å². The highest BCUT2D eigenvalue weighted by molar-refractivity contribution is 6.32. The minimum absolute atomic E-state index is 0.228. The van der Waals surface area contributed by atoms with Gasteiger partial charge in [-0.15, -0.1) is 0 Å². The molecule has 26 heavy (non-hydrogen) atoms. The van der Waals surface area contributed by atoms with Gasteiger partial charge in [-0.1, -0.05) is 23.7 Å². The summed E-state index contributed by atoms with van der Waals surface area (Å²) >= 11 is 6.25. The topological polar surface area (TPSA) is 65.7 Å². The molecule has 0 radical (unpaired) electrons. The van der Waals surface area contributed by atoms with E-state index in [4.69, 9.17) is 21.1 Å². The van der Waals surface area contributed by atoms with E-state index >= 15 is 0 Å². The lowest BCUT2D eigenvalue weighted by molar-refractivity contribution is 0.311. The van der Waals surface area contributed by atoms with E-state index in [1.54, 1.807) is 43.5 Å². The minimum atomic E-state index is -0.228. The Morgan fingerprint density at radius 3 is 2.81 bits per heavy atom. The standard InChI is InChI=1S/C19H18ClN3O3/c1-4-26-17-10-13(9-15(20)18(17)25-3)11-21-23-12(2)22-16-8-6-5-7-14(16)19(23)24/h5-11H,4H2,1-3H3. The van der Waals surface area contributed by atoms with Gasteiger partial charge in [-0.25, -0.2) is 4.98 Å². The molecule has 7 heteroatoms. The molecule has 0 aliphatic heterocycles. The third-order valence-corrected chi connectivity index (χ3v) is 4.05. The minimum Gasteiger partial charge on any atom is -0.491 e. The van der Waals surface area contributed by atoms with Crippen LogP contribution in [0.5, 0.6) is 11.5 Å². The number of hydrogen-bond donors (Lipinski definition) is 0. The maximum absolute atomic E-state index is 12.6. The number of para-hydroxylation sites is 1. The van der Waals surface area contributed by atoms with Gasteiger partial charge >= 0.3 is 0 Å². The van der Waals surface area contributed by atoms with Crippen LogP contribution in [0.2, 0.25) is 5.02 Å². The number of aryl methyl sites for hydroxylation is 1. The Morgan fingerprint density at radius 1 is 1.31 bits per heavy atom. The third-order valence-electron chi connectivity index (χ3n) is 3.77. The van der Waals surface area contributed by atoms with E-state index in [0.717, 1.165) is 0 Å². The first-order chi connectivity index (χ1) is 12.5. The number of methoxy groups -OCH3 is 1. The Labute approximate surface area is 155 Å². The summed E-state index contributed by atoms with van der Waals surface area (Å²) in [4.78, 5) is 17.1. The molecule has 0 fully saturated rings. The number of nitrogens with zero attached hydrogens (tertiary/aromatic N) is 3. The van der Waals surface area contributed by atoms with Crippen molar-refractivity contribution >= 4 is 28.7 Å². The highest BCUT2D eigenvalue weighted by atomic mass is 35.5. The van der Waals surface area contributed by atoms with Gasteiger partial charge in [-0.2, -0.15) is 9.78 Å². The number of halogens is 1. The Kier molecular flexibility index (Phi) is 5.23. The highest BCUT2D eigenvalue weighted by Crippen LogP contribution is 2.35. The largest absolute Gasteiger partial charge is 0.491 e. The third kappa shape index (κ3) is 3.41. The average molecular weight is 372 g/mol. The first kappa shape index (κ1) is 17.9. The lowest BCUT2D eigenvalue weighted by atomic mass is 10.2. The molecule has 0 bridgehead atoms. The second kappa shape index (κ2) is 7.58. The van der Waals surface area contributed by atoms with Gasteiger partial charge in [0.05, 0.1) is 35.9 Å². The van der Waals surface area contributed by atoms with Gasteiger partial charge in [0, 0.05) is 0 Å². The molecular weight excluding hydrogens is 354 g/mol. The summed E-state index contributed by atoms with van der Waals surface area (Å²) < 4.78 is 12.1. The monoisotopic (exact) mass is 371 g/mol. The SMILES string of the molecule is CCOc1cc(C=Nn2c(C)nc3ccccc3c2=O)cc(Cl)c1OC. The summed E-state index contributed by atoms with van der Waals surface area (Å²) in [5, 5.41) is 5.20. The number of hydrogen-bond acceptors (Lipinski definition) is 5. The first-order valence-electron chi connectivity index (χ1n) is 8.08. The van der Waals surface area contributed by atoms with Crippen molar-refractivity contribution in [1.29, 1.82) is 0 Å². The van der Waals surface area contributed by atoms with Crippen LogP contribution in [0.1, 0.15) is 18.3 Å². The fourth-order valence-corrected chi connectivity index (χ4v) is 2.91. The fourth-order valence-electron chi connectivity index (χ4n) is 2.62. The molecule has 2 aromatic carbocycles. The molecule has 1 heterocycles. The van der Waals surface area contributed by atoms with E-state index in [2.05, 4.69) is 10.1 Å². The molecule has 0 saturated heterocycles. The van der Waals surface area contributed by atoms with Gasteiger partial charge in [-0.3, -0.25) is 4.79 Å². The molecule has 3 aromatic rings. The Morgan fingerprint density at radius 2 is 2.08 bits per heavy atom. The van der Waals surface area contributed by atoms with Crippen LogP contribution in [0.25, 0.3) is 10.9 Å². The highest BCUT2D eigenvalue weighted by Gasteiger charge is 2.11. The predicted octanol–water partition coefficient (Wildman–Crippen LogP) is 3.65. The molecule has 0 amide bonds. The van der Waals surface area contributed by atoms with Crippen LogP contribution < -0.4 is 15.0 Å². The maximum atomic E-state index is 12.6. The summed E-state index contributed by atoms with van der Waals surface area (Å²) in [7, 11) is 1.53. The van der Waals surface area contributed by atoms with Crippen molar-refractivity contribution in [2.45, 2.75) is 13.8 Å². The molecule has 0 unspecified atom stereocenters. The summed E-state index contributed by atoms with van der Waals surface area (Å²) in [5.41, 5.74) is 1.10. The molecular formula is C19H18ClN3O3. The van der Waals surface area contributed by atoms with Crippen molar-refractivity contribution in [3.05, 3.63) is 63.2 Å². The van der Waals surface area contributed by atoms with Crippen molar-refractivity contribution in [2.24, 2.45) is 5.10 Å². The van der Waals surface area contributed by atoms with Crippen LogP contribution in [-0.4, -0.2) is 29.6 Å². The summed E-state index contributed by atoms with van der Waals surface area (Å²) in [6.45, 7) is 4.08. The Hall–Kier alpha value is -2.86. The zero-order chi connectivity index (χ0) is 18.7. The quantitative estimate of drug-likeness (QED) is 0.642. The van der Waals surface area contributed by atoms with E-state index < -0.39 is 0 Å². The second-order valence-corrected chi connectivity index (χ2v) is 5.91. The molecule has 3 rings (SSSR count). The van der Waals surface area contributed by atoms with E-state index in [0.29, 0.717) is 45.4 Å². The van der Waals surface area contributed by atoms with Crippen LogP contribution >= 0.6 is 11.6 Å². The van der Waals surface area contributed by atoms with Crippen LogP contribution in [-0.2, 0) is 0 Å². The van der Waals surface area contributed by atoms with Gasteiger partial charge in [0.2, 0.25) is 0 Å². The molecule has 6 nitrogen and oxygen atoms in total. The lowest BCUT2D eigenvalue weighted by Crippen LogP contribution is -2.20. The second-order valence-electron chi connectivity index (χ2n) is 5.50. The number of ether oxygens (including phenoxy) is 2. The van der Waals surface area contributed by atoms with E-state index in [-0.39, 0.29) is 5.56 Å². The molecule has 0 N–H and O–H groups in total. The number of aromatic nitrogens is 2. The predicted molar refractivity (Wildman–Crippen MR) is 103 cm³/mol. The summed E-state index contributed by atoms with van der Waals surface area (Å²) in [6, 6.07) is 10.6. The van der Waals surface area contributed by atoms with Gasteiger partial charge in [0.25, 0.3) is 5.56 Å². The van der Waals surface area contributed by atoms with E-state index in [9.17, 15) is 4.79 Å². The zero-order valence-electron chi connectivity index (χ0n) is 14.7. The molecule has 0 aliphatic carbocycles. The average Bonchev–Trinajstić information content (AvgIpc) is 2.62. The first-order valence-corrected chi connectivity index (χ1v) is 8.46. The summed E-state index contributed by atoms with van der Waals surface area (Å²) in [6.07, 6.45) is 1.54. The molecule has 0 aliphatic rings. The van der Waals surface area contributed by atoms with Gasteiger partial charge in [-0.05, 0) is 43.7 Å². The van der Waals surface area contributed by atoms with Gasteiger partial charge in [0.15, 0.2) is 11.5 Å².